The van der Waals surface area contributed by atoms with E-state index >= 15 is 0 Å². The number of halogens is 4. The average Bonchev–Trinajstić information content (AvgIpc) is 3.44. The highest BCUT2D eigenvalue weighted by Crippen LogP contribution is 2.41. The van der Waals surface area contributed by atoms with Crippen LogP contribution in [-0.4, -0.2) is 16.5 Å². The van der Waals surface area contributed by atoms with Gasteiger partial charge in [-0.3, -0.25) is 4.79 Å². The van der Waals surface area contributed by atoms with Gasteiger partial charge >= 0.3 is 6.18 Å². The molecule has 4 rings (SSSR count). The van der Waals surface area contributed by atoms with Crippen LogP contribution in [0.1, 0.15) is 40.2 Å². The monoisotopic (exact) mass is 432 g/mol. The van der Waals surface area contributed by atoms with Gasteiger partial charge in [0.2, 0.25) is 0 Å². The first-order chi connectivity index (χ1) is 14.3. The molecule has 0 spiro atoms. The van der Waals surface area contributed by atoms with Gasteiger partial charge in [0, 0.05) is 23.2 Å². The van der Waals surface area contributed by atoms with Crippen LogP contribution in [0.4, 0.5) is 13.2 Å². The van der Waals surface area contributed by atoms with Gasteiger partial charge in [0.05, 0.1) is 0 Å². The largest absolute Gasteiger partial charge is 0.431 e. The van der Waals surface area contributed by atoms with Crippen molar-refractivity contribution in [3.8, 4) is 11.1 Å². The number of hydrogen-bond acceptors (Lipinski definition) is 1. The summed E-state index contributed by atoms with van der Waals surface area (Å²) in [6.45, 7) is 1.36. The maximum absolute atomic E-state index is 14.1. The van der Waals surface area contributed by atoms with E-state index in [2.05, 4.69) is 5.32 Å². The Balaban J connectivity index is 1.96. The van der Waals surface area contributed by atoms with E-state index in [0.29, 0.717) is 16.1 Å². The van der Waals surface area contributed by atoms with Crippen molar-refractivity contribution in [2.75, 3.05) is 0 Å². The Bertz CT molecular complexity index is 1070. The highest BCUT2D eigenvalue weighted by atomic mass is 35.5. The maximum Gasteiger partial charge on any atom is 0.431 e. The Kier molecular flexibility index (Phi) is 5.36. The highest BCUT2D eigenvalue weighted by Gasteiger charge is 2.41. The average molecular weight is 433 g/mol. The van der Waals surface area contributed by atoms with Crippen molar-refractivity contribution in [1.82, 2.24) is 9.88 Å². The molecule has 1 fully saturated rings. The first-order valence-electron chi connectivity index (χ1n) is 9.66. The third-order valence-corrected chi connectivity index (χ3v) is 5.47. The van der Waals surface area contributed by atoms with Gasteiger partial charge < -0.3 is 9.88 Å². The summed E-state index contributed by atoms with van der Waals surface area (Å²) in [5.41, 5.74) is 0.737. The van der Waals surface area contributed by atoms with Gasteiger partial charge in [-0.2, -0.15) is 13.2 Å². The zero-order valence-corrected chi connectivity index (χ0v) is 17.0. The van der Waals surface area contributed by atoms with E-state index in [-0.39, 0.29) is 29.4 Å². The Morgan fingerprint density at radius 2 is 1.73 bits per heavy atom. The molecule has 0 radical (unpaired) electrons. The Morgan fingerprint density at radius 3 is 2.30 bits per heavy atom. The fourth-order valence-electron chi connectivity index (χ4n) is 3.72. The van der Waals surface area contributed by atoms with Crippen molar-refractivity contribution in [3.05, 3.63) is 82.1 Å². The molecule has 1 N–H and O–H groups in total. The van der Waals surface area contributed by atoms with Crippen molar-refractivity contribution in [1.29, 1.82) is 0 Å². The van der Waals surface area contributed by atoms with Crippen molar-refractivity contribution >= 4 is 17.5 Å². The van der Waals surface area contributed by atoms with Crippen molar-refractivity contribution in [2.45, 2.75) is 38.5 Å². The molecule has 30 heavy (non-hydrogen) atoms. The maximum atomic E-state index is 14.1. The summed E-state index contributed by atoms with van der Waals surface area (Å²) in [4.78, 5) is 13.1. The SMILES string of the molecule is Cc1c(-c2ccc(Cl)cc2)c(C(=O)NC2CC2)n(Cc2ccccc2)c1C(F)(F)F. The van der Waals surface area contributed by atoms with E-state index in [0.717, 1.165) is 17.4 Å². The van der Waals surface area contributed by atoms with Crippen molar-refractivity contribution in [2.24, 2.45) is 0 Å². The molecule has 0 saturated heterocycles. The summed E-state index contributed by atoms with van der Waals surface area (Å²) in [5.74, 6) is -0.489. The number of carbonyl (C=O) groups excluding carboxylic acids is 1. The summed E-state index contributed by atoms with van der Waals surface area (Å²) in [6, 6.07) is 15.4. The number of nitrogens with one attached hydrogen (secondary N) is 1. The Labute approximate surface area is 177 Å². The minimum atomic E-state index is -4.61. The van der Waals surface area contributed by atoms with Crippen molar-refractivity contribution < 1.29 is 18.0 Å². The molecule has 0 atom stereocenters. The van der Waals surface area contributed by atoms with E-state index in [1.54, 1.807) is 54.6 Å². The lowest BCUT2D eigenvalue weighted by atomic mass is 10.0. The van der Waals surface area contributed by atoms with E-state index < -0.39 is 17.8 Å². The van der Waals surface area contributed by atoms with Gasteiger partial charge in [0.25, 0.3) is 5.91 Å². The summed E-state index contributed by atoms with van der Waals surface area (Å²) in [5, 5.41) is 3.33. The molecule has 1 aromatic heterocycles. The predicted octanol–water partition coefficient (Wildman–Crippen LogP) is 6.08. The zero-order chi connectivity index (χ0) is 21.5. The number of benzene rings is 2. The number of hydrogen-bond donors (Lipinski definition) is 1. The molecule has 0 unspecified atom stereocenters. The molecule has 1 aliphatic rings. The van der Waals surface area contributed by atoms with Crippen LogP contribution in [0.3, 0.4) is 0 Å². The summed E-state index contributed by atoms with van der Waals surface area (Å²) in [7, 11) is 0. The van der Waals surface area contributed by atoms with E-state index in [1.807, 2.05) is 0 Å². The Hall–Kier alpha value is -2.73. The normalized spacial score (nSPS) is 14.0. The number of amides is 1. The minimum Gasteiger partial charge on any atom is -0.348 e. The molecule has 156 valence electrons. The second kappa shape index (κ2) is 7.84. The number of carbonyl (C=O) groups is 1. The lowest BCUT2D eigenvalue weighted by Gasteiger charge is -2.16. The second-order valence-electron chi connectivity index (χ2n) is 7.52. The van der Waals surface area contributed by atoms with E-state index in [9.17, 15) is 18.0 Å². The highest BCUT2D eigenvalue weighted by molar-refractivity contribution is 6.30. The first-order valence-corrected chi connectivity index (χ1v) is 10.0. The molecule has 1 amide bonds. The lowest BCUT2D eigenvalue weighted by Crippen LogP contribution is -2.29. The van der Waals surface area contributed by atoms with E-state index in [4.69, 9.17) is 11.6 Å². The first kappa shape index (κ1) is 20.5. The summed E-state index contributed by atoms with van der Waals surface area (Å²) >= 11 is 5.97. The van der Waals surface area contributed by atoms with Crippen LogP contribution >= 0.6 is 11.6 Å². The molecule has 1 saturated carbocycles. The standard InChI is InChI=1S/C23H20ClF3N2O/c1-14-19(16-7-9-17(24)10-8-16)20(22(30)28-18-11-12-18)29(21(14)23(25,26)27)13-15-5-3-2-4-6-15/h2-10,18H,11-13H2,1H3,(H,28,30). The number of alkyl halides is 3. The van der Waals surface area contributed by atoms with Crippen LogP contribution in [0.25, 0.3) is 11.1 Å². The van der Waals surface area contributed by atoms with Crippen molar-refractivity contribution in [3.63, 3.8) is 0 Å². The van der Waals surface area contributed by atoms with Gasteiger partial charge in [-0.1, -0.05) is 54.1 Å². The summed E-state index contributed by atoms with van der Waals surface area (Å²) < 4.78 is 43.6. The van der Waals surface area contributed by atoms with Crippen LogP contribution in [0.15, 0.2) is 54.6 Å². The molecular weight excluding hydrogens is 413 g/mol. The number of aromatic nitrogens is 1. The molecule has 3 aromatic rings. The van der Waals surface area contributed by atoms with Crippen LogP contribution in [-0.2, 0) is 12.7 Å². The predicted molar refractivity (Wildman–Crippen MR) is 111 cm³/mol. The quantitative estimate of drug-likeness (QED) is 0.521. The summed E-state index contributed by atoms with van der Waals surface area (Å²) in [6.07, 6.45) is -2.93. The Morgan fingerprint density at radius 1 is 1.10 bits per heavy atom. The molecule has 0 bridgehead atoms. The van der Waals surface area contributed by atoms with Gasteiger partial charge in [-0.25, -0.2) is 0 Å². The fourth-order valence-corrected chi connectivity index (χ4v) is 3.85. The lowest BCUT2D eigenvalue weighted by molar-refractivity contribution is -0.143. The molecule has 2 aromatic carbocycles. The molecule has 7 heteroatoms. The van der Waals surface area contributed by atoms with Gasteiger partial charge in [0.15, 0.2) is 0 Å². The second-order valence-corrected chi connectivity index (χ2v) is 7.96. The molecule has 1 heterocycles. The van der Waals surface area contributed by atoms with Crippen LogP contribution in [0.2, 0.25) is 5.02 Å². The van der Waals surface area contributed by atoms with Gasteiger partial charge in [-0.05, 0) is 48.6 Å². The molecule has 3 nitrogen and oxygen atoms in total. The minimum absolute atomic E-state index is 0.0188. The van der Waals surface area contributed by atoms with E-state index in [1.165, 1.54) is 6.92 Å². The fraction of sp³-hybridized carbons (Fsp3) is 0.261. The van der Waals surface area contributed by atoms with Gasteiger partial charge in [-0.15, -0.1) is 0 Å². The van der Waals surface area contributed by atoms with Crippen LogP contribution in [0, 0.1) is 6.92 Å². The topological polar surface area (TPSA) is 34.0 Å². The smallest absolute Gasteiger partial charge is 0.348 e. The molecule has 0 aliphatic heterocycles. The molecule has 1 aliphatic carbocycles. The third-order valence-electron chi connectivity index (χ3n) is 5.22. The van der Waals surface area contributed by atoms with Crippen LogP contribution in [0.5, 0.6) is 0 Å². The number of rotatable bonds is 5. The molecular formula is C23H20ClF3N2O. The van der Waals surface area contributed by atoms with Gasteiger partial charge in [0.1, 0.15) is 11.4 Å². The third kappa shape index (κ3) is 4.10. The van der Waals surface area contributed by atoms with Crippen LogP contribution < -0.4 is 5.32 Å². The zero-order valence-electron chi connectivity index (χ0n) is 16.3. The number of nitrogens with zero attached hydrogens (tertiary/aromatic N) is 1.